The van der Waals surface area contributed by atoms with Gasteiger partial charge in [0.25, 0.3) is 0 Å². The second-order valence-electron chi connectivity index (χ2n) is 0. The van der Waals surface area contributed by atoms with Gasteiger partial charge in [-0.2, -0.15) is 0 Å². The summed E-state index contributed by atoms with van der Waals surface area (Å²) in [4.78, 5) is 0. The number of hydrogen-bond donors (Lipinski definition) is 0. The van der Waals surface area contributed by atoms with Gasteiger partial charge in [-0.3, -0.25) is 0 Å². The summed E-state index contributed by atoms with van der Waals surface area (Å²) in [6, 6.07) is 0. The van der Waals surface area contributed by atoms with Crippen LogP contribution in [0.2, 0.25) is 0 Å². The van der Waals surface area contributed by atoms with Gasteiger partial charge in [0.1, 0.15) is 0 Å². The van der Waals surface area contributed by atoms with Crippen molar-refractivity contribution < 1.29 is 24.8 Å². The first-order valence-corrected chi connectivity index (χ1v) is 0. The van der Waals surface area contributed by atoms with Gasteiger partial charge >= 0.3 is 23.1 Å². The molecular formula is H11ClMgO4. The molecule has 0 saturated carbocycles. The molecule has 0 fully saturated rings. The first-order chi connectivity index (χ1) is 0. The number of hydrogen-bond acceptors (Lipinski definition) is 0. The van der Waals surface area contributed by atoms with Crippen LogP contribution in [0, 0.1) is 0 Å². The van der Waals surface area contributed by atoms with E-state index in [1.54, 1.807) is 0 Å². The molecule has 0 amide bonds. The molecule has 0 radical (unpaired) electrons. The van der Waals surface area contributed by atoms with E-state index in [4.69, 9.17) is 0 Å². The maximum absolute atomic E-state index is 0. The molecule has 8 N–H and O–H groups in total. The first kappa shape index (κ1) is 298. The van der Waals surface area contributed by atoms with Crippen molar-refractivity contribution in [3.8, 4) is 0 Å². The van der Waals surface area contributed by atoms with E-state index < -0.39 is 0 Å². The second kappa shape index (κ2) is 176. The first-order valence-electron chi connectivity index (χ1n) is 0. The van der Waals surface area contributed by atoms with E-state index in [9.17, 15) is 0 Å². The van der Waals surface area contributed by atoms with Crippen LogP contribution in [-0.2, 0) is 0 Å². The summed E-state index contributed by atoms with van der Waals surface area (Å²) in [5.74, 6) is 0. The van der Waals surface area contributed by atoms with Crippen LogP contribution < -0.4 is 0 Å². The summed E-state index contributed by atoms with van der Waals surface area (Å²) in [5, 5.41) is 0. The Bertz CT molecular complexity index is 14.0. The zero-order chi connectivity index (χ0) is 0. The minimum atomic E-state index is 0. The van der Waals surface area contributed by atoms with E-state index in [1.165, 1.54) is 0 Å². The molecule has 0 unspecified atom stereocenters. The molecule has 0 aromatic carbocycles. The third-order valence-corrected chi connectivity index (χ3v) is 0. The van der Waals surface area contributed by atoms with Crippen molar-refractivity contribution in [2.24, 2.45) is 0 Å². The normalized spacial score (nSPS) is 0. The average molecular weight is 135 g/mol. The summed E-state index contributed by atoms with van der Waals surface area (Å²) >= 11 is 0. The van der Waals surface area contributed by atoms with Gasteiger partial charge in [-0.05, 0) is 0 Å². The van der Waals surface area contributed by atoms with Gasteiger partial charge < -0.3 is 24.8 Å². The topological polar surface area (TPSA) is 126 Å². The smallest absolute Gasteiger partial charge is 1.00 e. The van der Waals surface area contributed by atoms with Crippen molar-refractivity contribution in [3.05, 3.63) is 0 Å². The number of rotatable bonds is 0. The summed E-state index contributed by atoms with van der Waals surface area (Å²) in [7, 11) is 0. The molecule has 0 saturated heterocycles. The fourth-order valence-electron chi connectivity index (χ4n) is 0. The third-order valence-electron chi connectivity index (χ3n) is 0. The zero-order valence-corrected chi connectivity index (χ0v) is 5.35. The van der Waals surface area contributed by atoms with Gasteiger partial charge in [-0.15, -0.1) is 12.4 Å². The van der Waals surface area contributed by atoms with E-state index in [-0.39, 0.29) is 60.2 Å². The molecule has 4 nitrogen and oxygen atoms in total. The Balaban J connectivity index is 0. The fourth-order valence-corrected chi connectivity index (χ4v) is 0. The molecule has 6 heteroatoms. The molecule has 0 heterocycles. The van der Waals surface area contributed by atoms with E-state index in [2.05, 4.69) is 0 Å². The van der Waals surface area contributed by atoms with E-state index >= 15 is 0 Å². The predicted octanol–water partition coefficient (Wildman–Crippen LogP) is -3.03. The van der Waals surface area contributed by atoms with Gasteiger partial charge in [0.05, 0.1) is 0 Å². The summed E-state index contributed by atoms with van der Waals surface area (Å²) in [5.41, 5.74) is 0. The van der Waals surface area contributed by atoms with Crippen LogP contribution in [0.25, 0.3) is 0 Å². The van der Waals surface area contributed by atoms with Crippen molar-refractivity contribution in [3.63, 3.8) is 0 Å². The predicted molar refractivity (Wildman–Crippen MR) is 29.7 cm³/mol. The summed E-state index contributed by atoms with van der Waals surface area (Å²) in [6.07, 6.45) is 0. The van der Waals surface area contributed by atoms with Crippen molar-refractivity contribution in [1.82, 2.24) is 0 Å². The molecule has 44 valence electrons. The quantitative estimate of drug-likeness (QED) is 0.313. The molecule has 0 spiro atoms. The van der Waals surface area contributed by atoms with Crippen molar-refractivity contribution in [2.45, 2.75) is 0 Å². The molecule has 0 aliphatic heterocycles. The minimum absolute atomic E-state index is 0. The van der Waals surface area contributed by atoms with Gasteiger partial charge in [0, 0.05) is 0 Å². The van der Waals surface area contributed by atoms with E-state index in [1.807, 2.05) is 0 Å². The Morgan fingerprint density at radius 1 is 0.667 bits per heavy atom. The largest absolute Gasteiger partial charge is 2.00 e. The van der Waals surface area contributed by atoms with E-state index in [0.717, 1.165) is 0 Å². The Kier molecular flexibility index (Phi) is 8750. The van der Waals surface area contributed by atoms with Crippen LogP contribution in [0.5, 0.6) is 0 Å². The van der Waals surface area contributed by atoms with Gasteiger partial charge in [0.15, 0.2) is 0 Å². The van der Waals surface area contributed by atoms with Crippen molar-refractivity contribution in [1.29, 1.82) is 0 Å². The second-order valence-corrected chi connectivity index (χ2v) is 0. The van der Waals surface area contributed by atoms with Gasteiger partial charge in [0.2, 0.25) is 0 Å². The molecule has 6 heavy (non-hydrogen) atoms. The van der Waals surface area contributed by atoms with Crippen LogP contribution in [0.4, 0.5) is 0 Å². The van der Waals surface area contributed by atoms with Gasteiger partial charge in [-0.25, -0.2) is 0 Å². The van der Waals surface area contributed by atoms with Crippen LogP contribution in [0.3, 0.4) is 0 Å². The molecule has 0 atom stereocenters. The Morgan fingerprint density at radius 3 is 0.667 bits per heavy atom. The SMILES string of the molecule is Cl.O.O.O.O.[H-].[H-].[Mg+2]. The Hall–Kier alpha value is 0.896. The fraction of sp³-hybridized carbons (Fsp3) is 0. The number of halogens is 1. The molecule has 0 aliphatic carbocycles. The molecule has 0 aromatic rings. The van der Waals surface area contributed by atoms with Crippen molar-refractivity contribution in [2.75, 3.05) is 0 Å². The third kappa shape index (κ3) is 92.5. The molecule has 0 rings (SSSR count). The standard InChI is InChI=1S/ClH.Mg.4H2O.2H/h1H;;4*1H2;;/q;+2;;;;;2*-1. The van der Waals surface area contributed by atoms with Crippen molar-refractivity contribution >= 4 is 35.5 Å². The average Bonchev–Trinajstić information content (AvgIpc) is 0. The molecule has 0 bridgehead atoms. The minimum Gasteiger partial charge on any atom is -1.00 e. The van der Waals surface area contributed by atoms with Crippen LogP contribution in [0.1, 0.15) is 2.85 Å². The van der Waals surface area contributed by atoms with Crippen LogP contribution >= 0.6 is 12.4 Å². The monoisotopic (exact) mass is 134 g/mol. The Labute approximate surface area is 60.7 Å². The van der Waals surface area contributed by atoms with Crippen LogP contribution in [0.15, 0.2) is 0 Å². The van der Waals surface area contributed by atoms with Gasteiger partial charge in [-0.1, -0.05) is 0 Å². The van der Waals surface area contributed by atoms with Crippen LogP contribution in [-0.4, -0.2) is 45.0 Å². The van der Waals surface area contributed by atoms with E-state index in [0.29, 0.717) is 0 Å². The maximum atomic E-state index is 0. The summed E-state index contributed by atoms with van der Waals surface area (Å²) in [6.45, 7) is 0. The molecule has 0 aliphatic rings. The Morgan fingerprint density at radius 2 is 0.667 bits per heavy atom. The molecular weight excluding hydrogens is 124 g/mol. The zero-order valence-electron chi connectivity index (χ0n) is 5.12. The maximum Gasteiger partial charge on any atom is 2.00 e. The summed E-state index contributed by atoms with van der Waals surface area (Å²) < 4.78 is 0. The molecule has 0 aromatic heterocycles.